The lowest BCUT2D eigenvalue weighted by atomic mass is 9.96. The third kappa shape index (κ3) is 4.31. The smallest absolute Gasteiger partial charge is 0.0236 e. The minimum atomic E-state index is 0.628. The molecule has 1 aromatic rings. The van der Waals surface area contributed by atoms with Crippen LogP contribution in [0.15, 0.2) is 24.3 Å². The molecule has 1 heterocycles. The Morgan fingerprint density at radius 3 is 2.29 bits per heavy atom. The van der Waals surface area contributed by atoms with Crippen LogP contribution in [-0.4, -0.2) is 30.6 Å². The molecule has 1 aromatic carbocycles. The van der Waals surface area contributed by atoms with E-state index in [1.54, 1.807) is 5.56 Å². The normalized spacial score (nSPS) is 20.4. The number of piperidine rings is 1. The van der Waals surface area contributed by atoms with Crippen LogP contribution in [0.25, 0.3) is 0 Å². The van der Waals surface area contributed by atoms with Crippen molar-refractivity contribution in [2.45, 2.75) is 58.0 Å². The van der Waals surface area contributed by atoms with E-state index in [1.165, 1.54) is 50.9 Å². The lowest BCUT2D eigenvalue weighted by molar-refractivity contribution is 0.162. The maximum atomic E-state index is 3.47. The predicted molar refractivity (Wildman–Crippen MR) is 89.6 cm³/mol. The van der Waals surface area contributed by atoms with Gasteiger partial charge in [0.25, 0.3) is 0 Å². The van der Waals surface area contributed by atoms with Crippen LogP contribution in [0.5, 0.6) is 0 Å². The molecule has 3 rings (SSSR count). The van der Waals surface area contributed by atoms with Gasteiger partial charge in [-0.1, -0.05) is 24.3 Å². The maximum Gasteiger partial charge on any atom is 0.0236 e. The van der Waals surface area contributed by atoms with Crippen LogP contribution in [-0.2, 0) is 6.54 Å². The van der Waals surface area contributed by atoms with Crippen molar-refractivity contribution in [3.05, 3.63) is 35.4 Å². The van der Waals surface area contributed by atoms with Crippen LogP contribution in [0, 0.1) is 5.92 Å². The van der Waals surface area contributed by atoms with Gasteiger partial charge in [0, 0.05) is 19.1 Å². The zero-order valence-electron chi connectivity index (χ0n) is 13.6. The SMILES string of the molecule is CC(C)N(Cc1ccc(C2CC2)cc1)CC1CCNCC1. The second-order valence-corrected chi connectivity index (χ2v) is 7.23. The fourth-order valence-electron chi connectivity index (χ4n) is 3.40. The van der Waals surface area contributed by atoms with E-state index in [4.69, 9.17) is 0 Å². The summed E-state index contributed by atoms with van der Waals surface area (Å²) in [6.45, 7) is 9.43. The quantitative estimate of drug-likeness (QED) is 0.856. The number of nitrogens with one attached hydrogen (secondary N) is 1. The van der Waals surface area contributed by atoms with Gasteiger partial charge in [0.05, 0.1) is 0 Å². The summed E-state index contributed by atoms with van der Waals surface area (Å²) in [6.07, 6.45) is 5.47. The molecule has 0 aromatic heterocycles. The Morgan fingerprint density at radius 2 is 1.71 bits per heavy atom. The fourth-order valence-corrected chi connectivity index (χ4v) is 3.40. The van der Waals surface area contributed by atoms with Crippen molar-refractivity contribution < 1.29 is 0 Å². The predicted octanol–water partition coefficient (Wildman–Crippen LogP) is 3.77. The van der Waals surface area contributed by atoms with E-state index >= 15 is 0 Å². The Hall–Kier alpha value is -0.860. The summed E-state index contributed by atoms with van der Waals surface area (Å²) in [5.74, 6) is 1.74. The molecule has 2 fully saturated rings. The standard InChI is InChI=1S/C19H30N2/c1-15(2)21(14-17-9-11-20-12-10-17)13-16-3-5-18(6-4-16)19-7-8-19/h3-6,15,17,19-20H,7-14H2,1-2H3. The van der Waals surface area contributed by atoms with Crippen LogP contribution >= 0.6 is 0 Å². The van der Waals surface area contributed by atoms with Crippen molar-refractivity contribution in [2.75, 3.05) is 19.6 Å². The summed E-state index contributed by atoms with van der Waals surface area (Å²) >= 11 is 0. The minimum absolute atomic E-state index is 0.628. The average molecular weight is 286 g/mol. The second kappa shape index (κ2) is 6.93. The summed E-state index contributed by atoms with van der Waals surface area (Å²) in [4.78, 5) is 2.65. The number of hydrogen-bond donors (Lipinski definition) is 1. The van der Waals surface area contributed by atoms with Gasteiger partial charge < -0.3 is 5.32 Å². The topological polar surface area (TPSA) is 15.3 Å². The molecule has 1 N–H and O–H groups in total. The second-order valence-electron chi connectivity index (χ2n) is 7.23. The van der Waals surface area contributed by atoms with Crippen molar-refractivity contribution in [2.24, 2.45) is 5.92 Å². The van der Waals surface area contributed by atoms with E-state index in [2.05, 4.69) is 48.3 Å². The number of benzene rings is 1. The lowest BCUT2D eigenvalue weighted by Gasteiger charge is -2.32. The minimum Gasteiger partial charge on any atom is -0.317 e. The average Bonchev–Trinajstić information content (AvgIpc) is 3.33. The molecule has 0 unspecified atom stereocenters. The molecule has 1 saturated heterocycles. The molecule has 21 heavy (non-hydrogen) atoms. The van der Waals surface area contributed by atoms with Gasteiger partial charge in [-0.05, 0) is 75.6 Å². The molecule has 0 atom stereocenters. The summed E-state index contributed by atoms with van der Waals surface area (Å²) in [6, 6.07) is 10.0. The van der Waals surface area contributed by atoms with Gasteiger partial charge in [0.1, 0.15) is 0 Å². The van der Waals surface area contributed by atoms with Gasteiger partial charge in [-0.3, -0.25) is 4.90 Å². The lowest BCUT2D eigenvalue weighted by Crippen LogP contribution is -2.39. The van der Waals surface area contributed by atoms with Gasteiger partial charge in [-0.2, -0.15) is 0 Å². The van der Waals surface area contributed by atoms with E-state index < -0.39 is 0 Å². The molecule has 0 bridgehead atoms. The highest BCUT2D eigenvalue weighted by atomic mass is 15.1. The number of nitrogens with zero attached hydrogens (tertiary/aromatic N) is 1. The molecular formula is C19H30N2. The van der Waals surface area contributed by atoms with Crippen LogP contribution in [0.4, 0.5) is 0 Å². The van der Waals surface area contributed by atoms with Crippen LogP contribution < -0.4 is 5.32 Å². The summed E-state index contributed by atoms with van der Waals surface area (Å²) < 4.78 is 0. The highest BCUT2D eigenvalue weighted by Gasteiger charge is 2.23. The Labute approximate surface area is 129 Å². The van der Waals surface area contributed by atoms with E-state index in [1.807, 2.05) is 0 Å². The van der Waals surface area contributed by atoms with E-state index in [0.29, 0.717) is 6.04 Å². The van der Waals surface area contributed by atoms with Crippen molar-refractivity contribution in [3.8, 4) is 0 Å². The Kier molecular flexibility index (Phi) is 4.97. The summed E-state index contributed by atoms with van der Waals surface area (Å²) in [7, 11) is 0. The molecule has 2 heteroatoms. The molecule has 0 spiro atoms. The third-order valence-corrected chi connectivity index (χ3v) is 5.10. The van der Waals surface area contributed by atoms with Crippen LogP contribution in [0.1, 0.15) is 56.6 Å². The molecule has 0 amide bonds. The van der Waals surface area contributed by atoms with Gasteiger partial charge in [-0.15, -0.1) is 0 Å². The Balaban J connectivity index is 1.58. The Morgan fingerprint density at radius 1 is 1.05 bits per heavy atom. The van der Waals surface area contributed by atoms with Crippen molar-refractivity contribution in [1.29, 1.82) is 0 Å². The molecule has 2 nitrogen and oxygen atoms in total. The first-order valence-corrected chi connectivity index (χ1v) is 8.76. The van der Waals surface area contributed by atoms with Gasteiger partial charge in [0.15, 0.2) is 0 Å². The molecule has 1 saturated carbocycles. The number of hydrogen-bond acceptors (Lipinski definition) is 2. The summed E-state index contributed by atoms with van der Waals surface area (Å²) in [5, 5.41) is 3.47. The van der Waals surface area contributed by atoms with E-state index in [9.17, 15) is 0 Å². The number of rotatable bonds is 6. The van der Waals surface area contributed by atoms with Crippen LogP contribution in [0.2, 0.25) is 0 Å². The third-order valence-electron chi connectivity index (χ3n) is 5.10. The zero-order valence-corrected chi connectivity index (χ0v) is 13.6. The highest BCUT2D eigenvalue weighted by molar-refractivity contribution is 5.28. The molecule has 1 aliphatic heterocycles. The van der Waals surface area contributed by atoms with Gasteiger partial charge in [0.2, 0.25) is 0 Å². The summed E-state index contributed by atoms with van der Waals surface area (Å²) in [5.41, 5.74) is 3.02. The monoisotopic (exact) mass is 286 g/mol. The van der Waals surface area contributed by atoms with E-state index in [0.717, 1.165) is 18.4 Å². The molecular weight excluding hydrogens is 256 g/mol. The van der Waals surface area contributed by atoms with Crippen molar-refractivity contribution >= 4 is 0 Å². The van der Waals surface area contributed by atoms with Gasteiger partial charge in [-0.25, -0.2) is 0 Å². The first kappa shape index (κ1) is 15.1. The zero-order chi connectivity index (χ0) is 14.7. The molecule has 2 aliphatic rings. The Bertz CT molecular complexity index is 427. The fraction of sp³-hybridized carbons (Fsp3) is 0.684. The van der Waals surface area contributed by atoms with Gasteiger partial charge >= 0.3 is 0 Å². The first-order chi connectivity index (χ1) is 10.2. The highest BCUT2D eigenvalue weighted by Crippen LogP contribution is 2.39. The first-order valence-electron chi connectivity index (χ1n) is 8.76. The largest absolute Gasteiger partial charge is 0.317 e. The van der Waals surface area contributed by atoms with Crippen LogP contribution in [0.3, 0.4) is 0 Å². The maximum absolute atomic E-state index is 3.47. The molecule has 0 radical (unpaired) electrons. The van der Waals surface area contributed by atoms with Crippen molar-refractivity contribution in [3.63, 3.8) is 0 Å². The van der Waals surface area contributed by atoms with E-state index in [-0.39, 0.29) is 0 Å². The van der Waals surface area contributed by atoms with Crippen molar-refractivity contribution in [1.82, 2.24) is 10.2 Å². The molecule has 116 valence electrons. The molecule has 1 aliphatic carbocycles.